The molecule has 5 N–H and O–H groups in total. The summed E-state index contributed by atoms with van der Waals surface area (Å²) in [6.07, 6.45) is 7.20. The summed E-state index contributed by atoms with van der Waals surface area (Å²) in [5, 5.41) is 2.79. The highest BCUT2D eigenvalue weighted by atomic mass is 32.2. The van der Waals surface area contributed by atoms with Crippen molar-refractivity contribution in [2.45, 2.75) is 90.0 Å². The smallest absolute Gasteiger partial charge is 0.272 e. The van der Waals surface area contributed by atoms with Crippen molar-refractivity contribution >= 4 is 15.6 Å². The van der Waals surface area contributed by atoms with Crippen LogP contribution in [0.25, 0.3) is 0 Å². The Morgan fingerprint density at radius 1 is 1.09 bits per heavy atom. The fraction of sp³-hybridized carbons (Fsp3) is 0.472. The van der Waals surface area contributed by atoms with Gasteiger partial charge in [0, 0.05) is 42.5 Å². The SMILES string of the molecule is Cc1ccc(CC(C)S(C)(=O)=O)cc1CNC1=CCC(CC(CN)c2ccc(C(=O)[C@@H](C)N)c(C)c2)=C2C[C@H]2C=C1C(C)(F)F. The van der Waals surface area contributed by atoms with Gasteiger partial charge in [0.25, 0.3) is 5.92 Å². The van der Waals surface area contributed by atoms with Crippen LogP contribution >= 0.6 is 0 Å². The predicted molar refractivity (Wildman–Crippen MR) is 178 cm³/mol. The van der Waals surface area contributed by atoms with Crippen LogP contribution in [0.15, 0.2) is 71.0 Å². The summed E-state index contributed by atoms with van der Waals surface area (Å²) in [6, 6.07) is 11.0. The number of rotatable bonds is 13. The van der Waals surface area contributed by atoms with Gasteiger partial charge in [-0.05, 0) is 93.7 Å². The zero-order valence-corrected chi connectivity index (χ0v) is 28.0. The molecular weight excluding hydrogens is 592 g/mol. The van der Waals surface area contributed by atoms with Crippen LogP contribution in [0.4, 0.5) is 8.78 Å². The number of halogens is 2. The molecule has 6 nitrogen and oxygen atoms in total. The first-order valence-corrected chi connectivity index (χ1v) is 17.6. The molecule has 0 aromatic heterocycles. The molecule has 2 aliphatic rings. The largest absolute Gasteiger partial charge is 0.381 e. The summed E-state index contributed by atoms with van der Waals surface area (Å²) < 4.78 is 53.9. The number of ketones is 1. The van der Waals surface area contributed by atoms with E-state index in [1.54, 1.807) is 19.9 Å². The number of benzene rings is 2. The third-order valence-corrected chi connectivity index (χ3v) is 10.8. The second-order valence-corrected chi connectivity index (χ2v) is 15.5. The number of Topliss-reactive ketones (excluding diaryl/α,β-unsaturated/α-hetero) is 1. The van der Waals surface area contributed by atoms with Gasteiger partial charge in [-0.3, -0.25) is 4.79 Å². The molecule has 0 saturated heterocycles. The number of carbonyl (C=O) groups is 1. The first-order chi connectivity index (χ1) is 21.0. The van der Waals surface area contributed by atoms with Crippen molar-refractivity contribution < 1.29 is 22.0 Å². The van der Waals surface area contributed by atoms with Crippen LogP contribution in [0.3, 0.4) is 0 Å². The van der Waals surface area contributed by atoms with Crippen molar-refractivity contribution in [1.29, 1.82) is 0 Å². The molecule has 0 bridgehead atoms. The zero-order chi connectivity index (χ0) is 33.3. The topological polar surface area (TPSA) is 115 Å². The van der Waals surface area contributed by atoms with Gasteiger partial charge in [-0.2, -0.15) is 0 Å². The fourth-order valence-corrected chi connectivity index (χ4v) is 6.57. The average Bonchev–Trinajstić information content (AvgIpc) is 3.71. The highest BCUT2D eigenvalue weighted by molar-refractivity contribution is 7.91. The van der Waals surface area contributed by atoms with E-state index in [9.17, 15) is 22.0 Å². The lowest BCUT2D eigenvalue weighted by Crippen LogP contribution is -2.27. The number of allylic oxidation sites excluding steroid dienone is 5. The molecule has 9 heteroatoms. The molecule has 4 atom stereocenters. The molecular formula is C36H47F2N3O3S. The van der Waals surface area contributed by atoms with Gasteiger partial charge >= 0.3 is 0 Å². The number of fused-ring (bicyclic) bond motifs is 1. The van der Waals surface area contributed by atoms with Gasteiger partial charge in [0.2, 0.25) is 0 Å². The summed E-state index contributed by atoms with van der Waals surface area (Å²) in [7, 11) is -3.18. The minimum Gasteiger partial charge on any atom is -0.381 e. The summed E-state index contributed by atoms with van der Waals surface area (Å²) in [4.78, 5) is 12.5. The number of hydrogen-bond donors (Lipinski definition) is 3. The normalized spacial score (nSPS) is 19.0. The van der Waals surface area contributed by atoms with Crippen molar-refractivity contribution in [2.75, 3.05) is 12.8 Å². The second-order valence-electron chi connectivity index (χ2n) is 13.1. The van der Waals surface area contributed by atoms with Gasteiger partial charge in [-0.15, -0.1) is 0 Å². The lowest BCUT2D eigenvalue weighted by Gasteiger charge is -2.24. The molecule has 2 aromatic rings. The molecule has 0 amide bonds. The van der Waals surface area contributed by atoms with E-state index in [4.69, 9.17) is 11.5 Å². The molecule has 0 spiro atoms. The minimum absolute atomic E-state index is 0.00134. The molecule has 45 heavy (non-hydrogen) atoms. The van der Waals surface area contributed by atoms with Gasteiger partial charge in [0.1, 0.15) is 9.84 Å². The minimum atomic E-state index is -3.18. The number of nitrogens with two attached hydrogens (primary N) is 2. The Morgan fingerprint density at radius 3 is 2.40 bits per heavy atom. The number of alkyl halides is 2. The van der Waals surface area contributed by atoms with Crippen LogP contribution in [0.1, 0.15) is 84.1 Å². The zero-order valence-electron chi connectivity index (χ0n) is 27.2. The Hall–Kier alpha value is -3.14. The number of sulfone groups is 1. The first kappa shape index (κ1) is 34.7. The molecule has 0 aliphatic heterocycles. The summed E-state index contributed by atoms with van der Waals surface area (Å²) in [5.74, 6) is -3.13. The third kappa shape index (κ3) is 8.57. The molecule has 0 radical (unpaired) electrons. The van der Waals surface area contributed by atoms with E-state index in [-0.39, 0.29) is 23.2 Å². The average molecular weight is 640 g/mol. The maximum atomic E-state index is 15.0. The Balaban J connectivity index is 1.57. The van der Waals surface area contributed by atoms with E-state index >= 15 is 0 Å². The van der Waals surface area contributed by atoms with E-state index < -0.39 is 27.1 Å². The van der Waals surface area contributed by atoms with Gasteiger partial charge in [-0.25, -0.2) is 17.2 Å². The summed E-state index contributed by atoms with van der Waals surface area (Å²) >= 11 is 0. The predicted octanol–water partition coefficient (Wildman–Crippen LogP) is 6.22. The first-order valence-electron chi connectivity index (χ1n) is 15.6. The van der Waals surface area contributed by atoms with Crippen LogP contribution in [-0.2, 0) is 22.8 Å². The monoisotopic (exact) mass is 639 g/mol. The van der Waals surface area contributed by atoms with Gasteiger partial charge in [-0.1, -0.05) is 59.7 Å². The molecule has 1 saturated carbocycles. The van der Waals surface area contributed by atoms with Crippen LogP contribution in [0.2, 0.25) is 0 Å². The van der Waals surface area contributed by atoms with Gasteiger partial charge in [0.15, 0.2) is 5.78 Å². The standard InChI is InChI=1S/C36H47F2N3O3S/c1-21-7-8-25(14-23(3)45(6,43)44)15-30(21)20-41-34-12-10-27(32-17-28(32)18-33(34)36(5,37)38)16-29(19-39)26-9-11-31(22(2)13-26)35(42)24(4)40/h7-9,11-13,15,18,23-24,28-29,41H,10,14,16-17,19-20,39-40H2,1-6H3/t23?,24-,28+,29?/m1/s1. The Bertz CT molecular complexity index is 1650. The Morgan fingerprint density at radius 2 is 1.80 bits per heavy atom. The van der Waals surface area contributed by atoms with Crippen LogP contribution < -0.4 is 16.8 Å². The molecule has 2 unspecified atom stereocenters. The van der Waals surface area contributed by atoms with E-state index in [0.717, 1.165) is 41.2 Å². The van der Waals surface area contributed by atoms with E-state index in [0.29, 0.717) is 43.6 Å². The van der Waals surface area contributed by atoms with Crippen molar-refractivity contribution in [2.24, 2.45) is 17.4 Å². The second kappa shape index (κ2) is 13.7. The maximum Gasteiger partial charge on any atom is 0.272 e. The van der Waals surface area contributed by atoms with Crippen molar-refractivity contribution in [3.63, 3.8) is 0 Å². The quantitative estimate of drug-likeness (QED) is 0.177. The summed E-state index contributed by atoms with van der Waals surface area (Å²) in [5.41, 5.74) is 20.3. The van der Waals surface area contributed by atoms with Crippen molar-refractivity contribution in [3.05, 3.63) is 104 Å². The lowest BCUT2D eigenvalue weighted by molar-refractivity contribution is 0.0644. The number of hydrogen-bond acceptors (Lipinski definition) is 6. The molecule has 2 aromatic carbocycles. The maximum absolute atomic E-state index is 15.0. The van der Waals surface area contributed by atoms with Crippen molar-refractivity contribution in [1.82, 2.24) is 5.32 Å². The van der Waals surface area contributed by atoms with E-state index in [1.807, 2.05) is 56.3 Å². The summed E-state index contributed by atoms with van der Waals surface area (Å²) in [6.45, 7) is 8.93. The van der Waals surface area contributed by atoms with Crippen molar-refractivity contribution in [3.8, 4) is 0 Å². The third-order valence-electron chi connectivity index (χ3n) is 9.18. The highest BCUT2D eigenvalue weighted by Gasteiger charge is 2.38. The number of carbonyl (C=O) groups excluding carboxylic acids is 1. The Kier molecular flexibility index (Phi) is 10.6. The highest BCUT2D eigenvalue weighted by Crippen LogP contribution is 2.48. The van der Waals surface area contributed by atoms with Gasteiger partial charge in [0.05, 0.1) is 11.3 Å². The van der Waals surface area contributed by atoms with Crippen LogP contribution in [0.5, 0.6) is 0 Å². The van der Waals surface area contributed by atoms with Crippen LogP contribution in [0, 0.1) is 19.8 Å². The molecule has 4 rings (SSSR count). The Labute approximate surface area is 267 Å². The van der Waals surface area contributed by atoms with E-state index in [1.165, 1.54) is 17.4 Å². The molecule has 2 aliphatic carbocycles. The number of aryl methyl sites for hydroxylation is 2. The van der Waals surface area contributed by atoms with E-state index in [2.05, 4.69) is 5.32 Å². The molecule has 1 fully saturated rings. The number of nitrogens with one attached hydrogen (secondary N) is 1. The van der Waals surface area contributed by atoms with Gasteiger partial charge < -0.3 is 16.8 Å². The molecule has 0 heterocycles. The molecule has 244 valence electrons. The lowest BCUT2D eigenvalue weighted by atomic mass is 9.86. The fourth-order valence-electron chi connectivity index (χ4n) is 6.08. The van der Waals surface area contributed by atoms with Crippen LogP contribution in [-0.4, -0.2) is 44.2 Å².